The van der Waals surface area contributed by atoms with Gasteiger partial charge in [-0.1, -0.05) is 30.3 Å². The summed E-state index contributed by atoms with van der Waals surface area (Å²) in [4.78, 5) is 25.4. The third-order valence-corrected chi connectivity index (χ3v) is 3.11. The van der Waals surface area contributed by atoms with E-state index in [1.54, 1.807) is 24.4 Å². The van der Waals surface area contributed by atoms with Crippen molar-refractivity contribution in [3.63, 3.8) is 0 Å². The van der Waals surface area contributed by atoms with E-state index in [-0.39, 0.29) is 0 Å². The molecule has 0 bridgehead atoms. The summed E-state index contributed by atoms with van der Waals surface area (Å²) in [7, 11) is 1.30. The summed E-state index contributed by atoms with van der Waals surface area (Å²) in [5, 5.41) is 1.09. The molecule has 0 aliphatic carbocycles. The Morgan fingerprint density at radius 1 is 1.13 bits per heavy atom. The number of benzene rings is 2. The number of para-hydroxylation sites is 1. The van der Waals surface area contributed by atoms with Gasteiger partial charge in [0.25, 0.3) is 0 Å². The molecule has 0 saturated heterocycles. The van der Waals surface area contributed by atoms with Crippen molar-refractivity contribution in [2.75, 3.05) is 12.8 Å². The topological polar surface area (TPSA) is 82.3 Å². The molecule has 3 aromatic rings. The van der Waals surface area contributed by atoms with Crippen molar-refractivity contribution in [1.82, 2.24) is 4.98 Å². The number of carbonyl (C=O) groups is 2. The zero-order chi connectivity index (χ0) is 16.7. The number of fused-ring (bicyclic) bond motifs is 1. The molecule has 0 unspecified atom stereocenters. The van der Waals surface area contributed by atoms with Crippen molar-refractivity contribution in [2.45, 2.75) is 0 Å². The molecule has 0 saturated carbocycles. The molecule has 0 radical (unpaired) electrons. The smallest absolute Gasteiger partial charge is 0.337 e. The average molecular weight is 308 g/mol. The fraction of sp³-hybridized carbons (Fsp3) is 0.0556. The Bertz CT molecular complexity index is 826. The maximum Gasteiger partial charge on any atom is 0.337 e. The van der Waals surface area contributed by atoms with Crippen molar-refractivity contribution in [3.05, 3.63) is 71.9 Å². The molecule has 0 aliphatic rings. The van der Waals surface area contributed by atoms with Crippen LogP contribution in [0.3, 0.4) is 0 Å². The van der Waals surface area contributed by atoms with E-state index in [1.807, 2.05) is 30.3 Å². The highest BCUT2D eigenvalue weighted by molar-refractivity contribution is 5.91. The van der Waals surface area contributed by atoms with E-state index in [0.717, 1.165) is 16.6 Å². The van der Waals surface area contributed by atoms with Gasteiger partial charge in [0.15, 0.2) is 0 Å². The number of nitrogens with zero attached hydrogens (tertiary/aromatic N) is 1. The largest absolute Gasteiger partial charge is 0.465 e. The minimum absolute atomic E-state index is 0.391. The lowest BCUT2D eigenvalue weighted by atomic mass is 10.1. The molecule has 5 nitrogen and oxygen atoms in total. The van der Waals surface area contributed by atoms with Gasteiger partial charge in [0.1, 0.15) is 6.29 Å². The number of aldehydes is 1. The van der Waals surface area contributed by atoms with E-state index >= 15 is 0 Å². The molecule has 116 valence electrons. The Morgan fingerprint density at radius 2 is 1.87 bits per heavy atom. The number of nitrogens with two attached hydrogens (primary N) is 1. The Morgan fingerprint density at radius 3 is 2.57 bits per heavy atom. The number of anilines is 1. The molecule has 2 aromatic carbocycles. The molecule has 23 heavy (non-hydrogen) atoms. The minimum Gasteiger partial charge on any atom is -0.465 e. The number of hydrogen-bond acceptors (Lipinski definition) is 5. The summed E-state index contributed by atoms with van der Waals surface area (Å²) in [6, 6.07) is 16.0. The molecule has 3 rings (SSSR count). The number of aromatic nitrogens is 1. The summed E-state index contributed by atoms with van der Waals surface area (Å²) in [6.45, 7) is 0. The highest BCUT2D eigenvalue weighted by Gasteiger charge is 2.04. The molecule has 5 heteroatoms. The number of esters is 1. The normalized spacial score (nSPS) is 9.61. The summed E-state index contributed by atoms with van der Waals surface area (Å²) in [5.41, 5.74) is 8.18. The fourth-order valence-electron chi connectivity index (χ4n) is 1.98. The second-order valence-electron chi connectivity index (χ2n) is 4.66. The molecular weight excluding hydrogens is 292 g/mol. The minimum atomic E-state index is -0.432. The van der Waals surface area contributed by atoms with E-state index in [1.165, 1.54) is 13.2 Å². The standard InChI is InChI=1S/C9H8N2.C9H8O3/c10-8-5-1-3-7-4-2-6-11-9(7)8;1-12-9(11)8-4-2-3-7(5-8)6-10/h1-6H,10H2;2-6H,1H3. The van der Waals surface area contributed by atoms with Crippen molar-refractivity contribution < 1.29 is 14.3 Å². The van der Waals surface area contributed by atoms with Crippen LogP contribution in [0, 0.1) is 0 Å². The van der Waals surface area contributed by atoms with E-state index in [0.29, 0.717) is 17.4 Å². The van der Waals surface area contributed by atoms with Gasteiger partial charge in [0.2, 0.25) is 0 Å². The number of methoxy groups -OCH3 is 1. The quantitative estimate of drug-likeness (QED) is 0.447. The predicted molar refractivity (Wildman–Crippen MR) is 89.3 cm³/mol. The Balaban J connectivity index is 0.000000167. The molecule has 0 atom stereocenters. The van der Waals surface area contributed by atoms with Crippen LogP contribution in [0.5, 0.6) is 0 Å². The first-order valence-corrected chi connectivity index (χ1v) is 6.88. The number of ether oxygens (including phenoxy) is 1. The Labute approximate surface area is 133 Å². The van der Waals surface area contributed by atoms with Crippen molar-refractivity contribution >= 4 is 28.8 Å². The highest BCUT2D eigenvalue weighted by atomic mass is 16.5. The van der Waals surface area contributed by atoms with Crippen molar-refractivity contribution in [1.29, 1.82) is 0 Å². The maximum absolute atomic E-state index is 10.9. The Hall–Kier alpha value is -3.21. The fourth-order valence-corrected chi connectivity index (χ4v) is 1.98. The van der Waals surface area contributed by atoms with Gasteiger partial charge in [-0.05, 0) is 24.3 Å². The van der Waals surface area contributed by atoms with Gasteiger partial charge in [-0.25, -0.2) is 4.79 Å². The van der Waals surface area contributed by atoms with Gasteiger partial charge in [-0.2, -0.15) is 0 Å². The molecule has 2 N–H and O–H groups in total. The van der Waals surface area contributed by atoms with E-state index in [9.17, 15) is 9.59 Å². The summed E-state index contributed by atoms with van der Waals surface area (Å²) < 4.78 is 4.48. The molecule has 0 aliphatic heterocycles. The first-order chi connectivity index (χ1) is 11.2. The lowest BCUT2D eigenvalue weighted by Gasteiger charge is -1.98. The van der Waals surface area contributed by atoms with Gasteiger partial charge >= 0.3 is 5.97 Å². The lowest BCUT2D eigenvalue weighted by molar-refractivity contribution is 0.0600. The predicted octanol–water partition coefficient (Wildman–Crippen LogP) is 3.10. The van der Waals surface area contributed by atoms with Crippen LogP contribution in [0.2, 0.25) is 0 Å². The van der Waals surface area contributed by atoms with Crippen LogP contribution < -0.4 is 5.73 Å². The van der Waals surface area contributed by atoms with Gasteiger partial charge in [0.05, 0.1) is 23.9 Å². The second kappa shape index (κ2) is 7.70. The summed E-state index contributed by atoms with van der Waals surface area (Å²) in [6.07, 6.45) is 2.44. The number of rotatable bonds is 2. The maximum atomic E-state index is 10.9. The molecule has 0 fully saturated rings. The number of pyridine rings is 1. The van der Waals surface area contributed by atoms with Gasteiger partial charge < -0.3 is 10.5 Å². The van der Waals surface area contributed by atoms with Crippen LogP contribution in [0.1, 0.15) is 20.7 Å². The van der Waals surface area contributed by atoms with Gasteiger partial charge in [-0.3, -0.25) is 9.78 Å². The van der Waals surface area contributed by atoms with Gasteiger partial charge in [0, 0.05) is 17.1 Å². The van der Waals surface area contributed by atoms with Crippen molar-refractivity contribution in [2.24, 2.45) is 0 Å². The van der Waals surface area contributed by atoms with Crippen LogP contribution in [-0.2, 0) is 4.74 Å². The van der Waals surface area contributed by atoms with Crippen molar-refractivity contribution in [3.8, 4) is 0 Å². The zero-order valence-electron chi connectivity index (χ0n) is 12.6. The lowest BCUT2D eigenvalue weighted by Crippen LogP contribution is -2.01. The molecular formula is C18H16N2O3. The molecule has 1 aromatic heterocycles. The average Bonchev–Trinajstić information content (AvgIpc) is 2.62. The summed E-state index contributed by atoms with van der Waals surface area (Å²) >= 11 is 0. The molecule has 1 heterocycles. The van der Waals surface area contributed by atoms with Gasteiger partial charge in [-0.15, -0.1) is 0 Å². The first kappa shape index (κ1) is 16.2. The number of hydrogen-bond donors (Lipinski definition) is 1. The van der Waals surface area contributed by atoms with Crippen LogP contribution in [-0.4, -0.2) is 24.3 Å². The first-order valence-electron chi connectivity index (χ1n) is 6.88. The van der Waals surface area contributed by atoms with E-state index in [4.69, 9.17) is 5.73 Å². The van der Waals surface area contributed by atoms with E-state index in [2.05, 4.69) is 9.72 Å². The Kier molecular flexibility index (Phi) is 5.41. The van der Waals surface area contributed by atoms with Crippen LogP contribution >= 0.6 is 0 Å². The van der Waals surface area contributed by atoms with E-state index < -0.39 is 5.97 Å². The third-order valence-electron chi connectivity index (χ3n) is 3.11. The summed E-state index contributed by atoms with van der Waals surface area (Å²) in [5.74, 6) is -0.432. The second-order valence-corrected chi connectivity index (χ2v) is 4.66. The molecule has 0 spiro atoms. The number of nitrogen functional groups attached to an aromatic ring is 1. The third kappa shape index (κ3) is 4.14. The molecule has 0 amide bonds. The van der Waals surface area contributed by atoms with Crippen LogP contribution in [0.15, 0.2) is 60.8 Å². The SMILES string of the molecule is COC(=O)c1cccc(C=O)c1.Nc1cccc2cccnc12. The highest BCUT2D eigenvalue weighted by Crippen LogP contribution is 2.16. The van der Waals surface area contributed by atoms with Crippen LogP contribution in [0.4, 0.5) is 5.69 Å². The zero-order valence-corrected chi connectivity index (χ0v) is 12.6. The number of carbonyl (C=O) groups excluding carboxylic acids is 2. The monoisotopic (exact) mass is 308 g/mol. The van der Waals surface area contributed by atoms with Crippen LogP contribution in [0.25, 0.3) is 10.9 Å².